The Labute approximate surface area is 140 Å². The highest BCUT2D eigenvalue weighted by atomic mass is 16.5. The molecule has 2 aromatic rings. The number of nitrogens with zero attached hydrogens (tertiary/aromatic N) is 1. The summed E-state index contributed by atoms with van der Waals surface area (Å²) in [5.74, 6) is 1.36. The molecule has 0 bridgehead atoms. The standard InChI is InChI=1S/C18H22N4O2/c19-12-5-7-13(8-6-12)20-18-21-15-10-24-16-4-2-1-3-11(16)9-14(15)17(23)22-18/h1-4,12-13H,5-10,19H2,(H2,20,21,22,23). The number of benzene rings is 1. The molecule has 4 N–H and O–H groups in total. The molecule has 2 aliphatic rings. The smallest absolute Gasteiger partial charge is 0.256 e. The fourth-order valence-corrected chi connectivity index (χ4v) is 3.50. The number of hydrogen-bond donors (Lipinski definition) is 3. The number of hydrogen-bond acceptors (Lipinski definition) is 5. The molecule has 0 saturated heterocycles. The number of fused-ring (bicyclic) bond motifs is 2. The van der Waals surface area contributed by atoms with Crippen LogP contribution in [0.4, 0.5) is 5.95 Å². The zero-order valence-electron chi connectivity index (χ0n) is 13.5. The average Bonchev–Trinajstić information content (AvgIpc) is 2.77. The van der Waals surface area contributed by atoms with Gasteiger partial charge in [0.25, 0.3) is 5.56 Å². The van der Waals surface area contributed by atoms with Gasteiger partial charge in [-0.3, -0.25) is 9.78 Å². The van der Waals surface area contributed by atoms with Gasteiger partial charge >= 0.3 is 0 Å². The minimum Gasteiger partial charge on any atom is -0.487 e. The zero-order valence-corrected chi connectivity index (χ0v) is 13.5. The summed E-state index contributed by atoms with van der Waals surface area (Å²) in [4.78, 5) is 20.0. The molecule has 0 atom stereocenters. The first kappa shape index (κ1) is 15.2. The van der Waals surface area contributed by atoms with Crippen LogP contribution in [0.15, 0.2) is 29.1 Å². The van der Waals surface area contributed by atoms with E-state index in [2.05, 4.69) is 15.3 Å². The van der Waals surface area contributed by atoms with Gasteiger partial charge in [0.2, 0.25) is 5.95 Å². The second-order valence-electron chi connectivity index (χ2n) is 6.67. The Bertz CT molecular complexity index is 794. The zero-order chi connectivity index (χ0) is 16.5. The van der Waals surface area contributed by atoms with E-state index in [4.69, 9.17) is 10.5 Å². The van der Waals surface area contributed by atoms with Gasteiger partial charge < -0.3 is 15.8 Å². The second kappa shape index (κ2) is 6.28. The predicted molar refractivity (Wildman–Crippen MR) is 92.3 cm³/mol. The monoisotopic (exact) mass is 326 g/mol. The number of para-hydroxylation sites is 1. The highest BCUT2D eigenvalue weighted by molar-refractivity contribution is 5.41. The minimum absolute atomic E-state index is 0.0877. The van der Waals surface area contributed by atoms with Crippen molar-refractivity contribution in [1.29, 1.82) is 0 Å². The molecule has 0 radical (unpaired) electrons. The third-order valence-corrected chi connectivity index (χ3v) is 4.92. The molecular formula is C18H22N4O2. The summed E-state index contributed by atoms with van der Waals surface area (Å²) in [5.41, 5.74) is 8.28. The fourth-order valence-electron chi connectivity index (χ4n) is 3.50. The van der Waals surface area contributed by atoms with Crippen molar-refractivity contribution in [3.8, 4) is 5.75 Å². The highest BCUT2D eigenvalue weighted by Crippen LogP contribution is 2.26. The summed E-state index contributed by atoms with van der Waals surface area (Å²) >= 11 is 0. The Morgan fingerprint density at radius 3 is 2.83 bits per heavy atom. The molecule has 6 heteroatoms. The van der Waals surface area contributed by atoms with E-state index in [1.165, 1.54) is 0 Å². The van der Waals surface area contributed by atoms with Crippen molar-refractivity contribution in [2.75, 3.05) is 5.32 Å². The summed E-state index contributed by atoms with van der Waals surface area (Å²) in [6.07, 6.45) is 4.57. The van der Waals surface area contributed by atoms with E-state index in [1.807, 2.05) is 24.3 Å². The van der Waals surface area contributed by atoms with E-state index in [-0.39, 0.29) is 5.56 Å². The molecule has 1 fully saturated rings. The summed E-state index contributed by atoms with van der Waals surface area (Å²) in [5, 5.41) is 3.36. The van der Waals surface area contributed by atoms with Crippen LogP contribution in [0, 0.1) is 0 Å². The number of aromatic nitrogens is 2. The van der Waals surface area contributed by atoms with E-state index in [0.717, 1.165) is 37.0 Å². The number of rotatable bonds is 2. The van der Waals surface area contributed by atoms with E-state index >= 15 is 0 Å². The van der Waals surface area contributed by atoms with Crippen molar-refractivity contribution in [2.24, 2.45) is 5.73 Å². The van der Waals surface area contributed by atoms with Crippen LogP contribution in [0.5, 0.6) is 5.75 Å². The van der Waals surface area contributed by atoms with Crippen molar-refractivity contribution >= 4 is 5.95 Å². The molecule has 0 amide bonds. The first-order valence-corrected chi connectivity index (χ1v) is 8.54. The number of H-pyrrole nitrogens is 1. The Morgan fingerprint density at radius 1 is 1.21 bits per heavy atom. The summed E-state index contributed by atoms with van der Waals surface area (Å²) in [7, 11) is 0. The maximum atomic E-state index is 12.5. The Morgan fingerprint density at radius 2 is 2.00 bits per heavy atom. The van der Waals surface area contributed by atoms with Crippen molar-refractivity contribution < 1.29 is 4.74 Å². The minimum atomic E-state index is -0.0877. The average molecular weight is 326 g/mol. The molecular weight excluding hydrogens is 304 g/mol. The van der Waals surface area contributed by atoms with Gasteiger partial charge in [-0.1, -0.05) is 18.2 Å². The molecule has 1 aliphatic carbocycles. The number of aromatic amines is 1. The SMILES string of the molecule is NC1CCC(Nc2nc3c(c(=O)[nH]2)Cc2ccccc2OC3)CC1. The lowest BCUT2D eigenvalue weighted by atomic mass is 9.92. The van der Waals surface area contributed by atoms with Gasteiger partial charge in [0.15, 0.2) is 0 Å². The molecule has 4 rings (SSSR count). The lowest BCUT2D eigenvalue weighted by molar-refractivity contribution is 0.302. The largest absolute Gasteiger partial charge is 0.487 e. The Kier molecular flexibility index (Phi) is 3.98. The van der Waals surface area contributed by atoms with Gasteiger partial charge in [0.05, 0.1) is 5.69 Å². The number of nitrogens with two attached hydrogens (primary N) is 1. The van der Waals surface area contributed by atoms with Gasteiger partial charge in [-0.25, -0.2) is 4.98 Å². The van der Waals surface area contributed by atoms with Crippen LogP contribution >= 0.6 is 0 Å². The summed E-state index contributed by atoms with van der Waals surface area (Å²) < 4.78 is 5.83. The van der Waals surface area contributed by atoms with Crippen LogP contribution in [-0.2, 0) is 13.0 Å². The van der Waals surface area contributed by atoms with Crippen LogP contribution in [-0.4, -0.2) is 22.1 Å². The summed E-state index contributed by atoms with van der Waals surface area (Å²) in [6, 6.07) is 8.43. The molecule has 0 spiro atoms. The van der Waals surface area contributed by atoms with E-state index in [1.54, 1.807) is 0 Å². The Balaban J connectivity index is 1.58. The topological polar surface area (TPSA) is 93.0 Å². The Hall–Kier alpha value is -2.34. The van der Waals surface area contributed by atoms with Crippen LogP contribution in [0.2, 0.25) is 0 Å². The first-order valence-electron chi connectivity index (χ1n) is 8.54. The molecule has 1 aromatic carbocycles. The predicted octanol–water partition coefficient (Wildman–Crippen LogP) is 1.93. The van der Waals surface area contributed by atoms with Crippen LogP contribution in [0.1, 0.15) is 42.5 Å². The van der Waals surface area contributed by atoms with Crippen LogP contribution < -0.4 is 21.3 Å². The third-order valence-electron chi connectivity index (χ3n) is 4.92. The molecule has 126 valence electrons. The van der Waals surface area contributed by atoms with Gasteiger partial charge in [0, 0.05) is 24.1 Å². The molecule has 1 aromatic heterocycles. The third kappa shape index (κ3) is 3.01. The maximum Gasteiger partial charge on any atom is 0.256 e. The maximum absolute atomic E-state index is 12.5. The molecule has 24 heavy (non-hydrogen) atoms. The lowest BCUT2D eigenvalue weighted by Crippen LogP contribution is -2.34. The number of ether oxygens (including phenoxy) is 1. The molecule has 2 heterocycles. The number of anilines is 1. The van der Waals surface area contributed by atoms with E-state index in [9.17, 15) is 4.79 Å². The van der Waals surface area contributed by atoms with Gasteiger partial charge in [-0.2, -0.15) is 0 Å². The molecule has 1 aliphatic heterocycles. The molecule has 6 nitrogen and oxygen atoms in total. The highest BCUT2D eigenvalue weighted by Gasteiger charge is 2.22. The van der Waals surface area contributed by atoms with Gasteiger partial charge in [-0.15, -0.1) is 0 Å². The normalized spacial score (nSPS) is 22.7. The van der Waals surface area contributed by atoms with Crippen molar-refractivity contribution in [2.45, 2.75) is 50.8 Å². The van der Waals surface area contributed by atoms with Crippen LogP contribution in [0.25, 0.3) is 0 Å². The van der Waals surface area contributed by atoms with Crippen molar-refractivity contribution in [3.63, 3.8) is 0 Å². The van der Waals surface area contributed by atoms with Crippen molar-refractivity contribution in [3.05, 3.63) is 51.4 Å². The van der Waals surface area contributed by atoms with Crippen molar-refractivity contribution in [1.82, 2.24) is 9.97 Å². The fraction of sp³-hybridized carbons (Fsp3) is 0.444. The molecule has 0 unspecified atom stereocenters. The number of nitrogens with one attached hydrogen (secondary N) is 2. The van der Waals surface area contributed by atoms with Gasteiger partial charge in [0.1, 0.15) is 12.4 Å². The first-order chi connectivity index (χ1) is 11.7. The molecule has 1 saturated carbocycles. The van der Waals surface area contributed by atoms with Gasteiger partial charge in [-0.05, 0) is 37.3 Å². The summed E-state index contributed by atoms with van der Waals surface area (Å²) in [6.45, 7) is 0.320. The quantitative estimate of drug-likeness (QED) is 0.784. The van der Waals surface area contributed by atoms with E-state index in [0.29, 0.717) is 42.3 Å². The lowest BCUT2D eigenvalue weighted by Gasteiger charge is -2.27. The second-order valence-corrected chi connectivity index (χ2v) is 6.67. The van der Waals surface area contributed by atoms with E-state index < -0.39 is 0 Å². The van der Waals surface area contributed by atoms with Crippen LogP contribution in [0.3, 0.4) is 0 Å².